The average molecular weight is 284 g/mol. The summed E-state index contributed by atoms with van der Waals surface area (Å²) in [6, 6.07) is 10.5. The number of methoxy groups -OCH3 is 1. The van der Waals surface area contributed by atoms with Gasteiger partial charge in [0.05, 0.1) is 17.3 Å². The summed E-state index contributed by atoms with van der Waals surface area (Å²) in [5, 5.41) is 11.7. The van der Waals surface area contributed by atoms with E-state index in [0.717, 1.165) is 5.69 Å². The highest BCUT2D eigenvalue weighted by atomic mass is 16.4. The highest BCUT2D eigenvalue weighted by Crippen LogP contribution is 2.21. The minimum absolute atomic E-state index is 0.393. The van der Waals surface area contributed by atoms with Gasteiger partial charge in [0, 0.05) is 31.7 Å². The van der Waals surface area contributed by atoms with Gasteiger partial charge in [-0.2, -0.15) is 5.26 Å². The molecule has 1 heterocycles. The van der Waals surface area contributed by atoms with Crippen molar-refractivity contribution >= 4 is 23.5 Å². The molecule has 0 unspecified atom stereocenters. The summed E-state index contributed by atoms with van der Waals surface area (Å²) in [5.41, 5.74) is 7.94. The van der Waals surface area contributed by atoms with Gasteiger partial charge in [-0.25, -0.2) is 4.98 Å². The van der Waals surface area contributed by atoms with Gasteiger partial charge in [0.25, 0.3) is 0 Å². The Morgan fingerprint density at radius 3 is 2.43 bits per heavy atom. The van der Waals surface area contributed by atoms with Gasteiger partial charge >= 0.3 is 0 Å². The van der Waals surface area contributed by atoms with E-state index in [-0.39, 0.29) is 0 Å². The maximum atomic E-state index is 10.6. The summed E-state index contributed by atoms with van der Waals surface area (Å²) in [6.07, 6.45) is 2.13. The Morgan fingerprint density at radius 1 is 1.33 bits per heavy atom. The molecule has 6 nitrogen and oxygen atoms in total. The molecule has 0 fully saturated rings. The van der Waals surface area contributed by atoms with Crippen molar-refractivity contribution in [2.45, 2.75) is 0 Å². The van der Waals surface area contributed by atoms with E-state index in [2.05, 4.69) is 15.0 Å². The van der Waals surface area contributed by atoms with E-state index in [0.29, 0.717) is 28.9 Å². The molecule has 0 saturated heterocycles. The second-order valence-electron chi connectivity index (χ2n) is 4.05. The lowest BCUT2D eigenvalue weighted by molar-refractivity contribution is 0.112. The molecule has 108 valence electrons. The summed E-state index contributed by atoms with van der Waals surface area (Å²) in [7, 11) is 3.25. The molecule has 0 saturated carbocycles. The minimum Gasteiger partial charge on any atom is -0.396 e. The molecule has 3 N–H and O–H groups in total. The SMILES string of the molecule is COC.N#Cc1ccc(Nc2ncc(C=O)cc2N)cc1. The molecule has 0 bridgehead atoms. The molecule has 6 heteroatoms. The fourth-order valence-corrected chi connectivity index (χ4v) is 1.43. The van der Waals surface area contributed by atoms with E-state index >= 15 is 0 Å². The third kappa shape index (κ3) is 4.93. The van der Waals surface area contributed by atoms with Crippen molar-refractivity contribution in [1.82, 2.24) is 4.98 Å². The first-order chi connectivity index (χ1) is 10.1. The normalized spacial score (nSPS) is 9.00. The second kappa shape index (κ2) is 8.30. The van der Waals surface area contributed by atoms with E-state index in [1.807, 2.05) is 6.07 Å². The van der Waals surface area contributed by atoms with Gasteiger partial charge in [-0.3, -0.25) is 4.79 Å². The molecule has 2 rings (SSSR count). The van der Waals surface area contributed by atoms with Crippen molar-refractivity contribution < 1.29 is 9.53 Å². The number of benzene rings is 1. The summed E-state index contributed by atoms with van der Waals surface area (Å²) >= 11 is 0. The van der Waals surface area contributed by atoms with E-state index in [1.165, 1.54) is 6.20 Å². The molecule has 0 aliphatic carbocycles. The van der Waals surface area contributed by atoms with Gasteiger partial charge in [0.15, 0.2) is 12.1 Å². The Hall–Kier alpha value is -2.91. The molecule has 0 atom stereocenters. The first-order valence-corrected chi connectivity index (χ1v) is 6.02. The van der Waals surface area contributed by atoms with Gasteiger partial charge in [0.2, 0.25) is 0 Å². The number of carbonyl (C=O) groups excluding carboxylic acids is 1. The quantitative estimate of drug-likeness (QED) is 0.839. The zero-order valence-electron chi connectivity index (χ0n) is 11.8. The number of rotatable bonds is 3. The van der Waals surface area contributed by atoms with Crippen LogP contribution in [0.2, 0.25) is 0 Å². The predicted molar refractivity (Wildman–Crippen MR) is 81.4 cm³/mol. The number of nitrogens with two attached hydrogens (primary N) is 1. The molecule has 0 aliphatic heterocycles. The molecule has 2 aromatic rings. The maximum Gasteiger partial charge on any atom is 0.153 e. The lowest BCUT2D eigenvalue weighted by atomic mass is 10.2. The van der Waals surface area contributed by atoms with Crippen molar-refractivity contribution in [1.29, 1.82) is 5.26 Å². The number of hydrogen-bond donors (Lipinski definition) is 2. The van der Waals surface area contributed by atoms with Crippen LogP contribution in [0.15, 0.2) is 36.5 Å². The number of nitrogens with one attached hydrogen (secondary N) is 1. The fraction of sp³-hybridized carbons (Fsp3) is 0.133. The van der Waals surface area contributed by atoms with Crippen molar-refractivity contribution in [2.24, 2.45) is 0 Å². The number of anilines is 3. The van der Waals surface area contributed by atoms with Crippen LogP contribution < -0.4 is 11.1 Å². The van der Waals surface area contributed by atoms with Gasteiger partial charge in [0.1, 0.15) is 0 Å². The van der Waals surface area contributed by atoms with E-state index in [9.17, 15) is 4.79 Å². The molecule has 21 heavy (non-hydrogen) atoms. The molecular weight excluding hydrogens is 268 g/mol. The minimum atomic E-state index is 0.393. The topological polar surface area (TPSA) is 101 Å². The van der Waals surface area contributed by atoms with E-state index in [1.54, 1.807) is 44.6 Å². The van der Waals surface area contributed by atoms with E-state index < -0.39 is 0 Å². The Bertz CT molecular complexity index is 633. The number of carbonyl (C=O) groups is 1. The number of nitriles is 1. The third-order valence-corrected chi connectivity index (χ3v) is 2.35. The number of ether oxygens (including phenoxy) is 1. The molecule has 0 spiro atoms. The average Bonchev–Trinajstić information content (AvgIpc) is 2.51. The van der Waals surface area contributed by atoms with Gasteiger partial charge in [-0.05, 0) is 30.3 Å². The van der Waals surface area contributed by atoms with Crippen LogP contribution in [0.1, 0.15) is 15.9 Å². The Balaban J connectivity index is 0.000000677. The second-order valence-corrected chi connectivity index (χ2v) is 4.05. The molecule has 0 radical (unpaired) electrons. The molecular formula is C15H16N4O2. The van der Waals surface area contributed by atoms with Gasteiger partial charge in [-0.1, -0.05) is 0 Å². The van der Waals surface area contributed by atoms with Crippen LogP contribution in [0.5, 0.6) is 0 Å². The molecule has 0 aliphatic rings. The van der Waals surface area contributed by atoms with Crippen molar-refractivity contribution in [3.05, 3.63) is 47.7 Å². The highest BCUT2D eigenvalue weighted by molar-refractivity contribution is 5.79. The van der Waals surface area contributed by atoms with Crippen molar-refractivity contribution in [2.75, 3.05) is 25.3 Å². The Kier molecular flexibility index (Phi) is 6.38. The summed E-state index contributed by atoms with van der Waals surface area (Å²) in [4.78, 5) is 14.6. The number of aldehydes is 1. The zero-order valence-corrected chi connectivity index (χ0v) is 11.8. The van der Waals surface area contributed by atoms with Crippen molar-refractivity contribution in [3.63, 3.8) is 0 Å². The van der Waals surface area contributed by atoms with Crippen LogP contribution in [-0.2, 0) is 4.74 Å². The number of pyridine rings is 1. The first-order valence-electron chi connectivity index (χ1n) is 6.02. The molecule has 0 amide bonds. The van der Waals surface area contributed by atoms with E-state index in [4.69, 9.17) is 11.0 Å². The number of nitrogens with zero attached hydrogens (tertiary/aromatic N) is 2. The van der Waals surface area contributed by atoms with Crippen LogP contribution in [0.3, 0.4) is 0 Å². The number of nitrogen functional groups attached to an aromatic ring is 1. The third-order valence-electron chi connectivity index (χ3n) is 2.35. The number of hydrogen-bond acceptors (Lipinski definition) is 6. The standard InChI is InChI=1S/C13H10N4O.C2H6O/c14-6-9-1-3-11(4-2-9)17-13-12(15)5-10(8-18)7-16-13;1-3-2/h1-5,7-8H,15H2,(H,16,17);1-2H3. The first kappa shape index (κ1) is 16.1. The van der Waals surface area contributed by atoms with Crippen LogP contribution in [0, 0.1) is 11.3 Å². The smallest absolute Gasteiger partial charge is 0.153 e. The number of aromatic nitrogens is 1. The molecule has 1 aromatic heterocycles. The largest absolute Gasteiger partial charge is 0.396 e. The van der Waals surface area contributed by atoms with Crippen LogP contribution >= 0.6 is 0 Å². The summed E-state index contributed by atoms with van der Waals surface area (Å²) < 4.78 is 4.25. The monoisotopic (exact) mass is 284 g/mol. The van der Waals surface area contributed by atoms with Gasteiger partial charge < -0.3 is 15.8 Å². The lowest BCUT2D eigenvalue weighted by Crippen LogP contribution is -2.00. The highest BCUT2D eigenvalue weighted by Gasteiger charge is 2.02. The Morgan fingerprint density at radius 2 is 1.95 bits per heavy atom. The van der Waals surface area contributed by atoms with Crippen LogP contribution in [-0.4, -0.2) is 25.5 Å². The molecule has 1 aromatic carbocycles. The van der Waals surface area contributed by atoms with Crippen LogP contribution in [0.25, 0.3) is 0 Å². The zero-order chi connectivity index (χ0) is 15.7. The Labute approximate surface area is 123 Å². The van der Waals surface area contributed by atoms with Crippen molar-refractivity contribution in [3.8, 4) is 6.07 Å². The predicted octanol–water partition coefficient (Wildman–Crippen LogP) is 2.35. The maximum absolute atomic E-state index is 10.6. The van der Waals surface area contributed by atoms with Gasteiger partial charge in [-0.15, -0.1) is 0 Å². The fourth-order valence-electron chi connectivity index (χ4n) is 1.43. The van der Waals surface area contributed by atoms with Crippen LogP contribution in [0.4, 0.5) is 17.2 Å². The summed E-state index contributed by atoms with van der Waals surface area (Å²) in [5.74, 6) is 0.477. The summed E-state index contributed by atoms with van der Waals surface area (Å²) in [6.45, 7) is 0. The lowest BCUT2D eigenvalue weighted by Gasteiger charge is -2.08.